The lowest BCUT2D eigenvalue weighted by Crippen LogP contribution is -2.12. The van der Waals surface area contributed by atoms with Gasteiger partial charge in [-0.15, -0.1) is 0 Å². The average molecular weight is 316 g/mol. The van der Waals surface area contributed by atoms with Crippen molar-refractivity contribution in [3.8, 4) is 0 Å². The van der Waals surface area contributed by atoms with Crippen LogP contribution in [0.1, 0.15) is 18.4 Å². The summed E-state index contributed by atoms with van der Waals surface area (Å²) in [6.07, 6.45) is 0.870. The van der Waals surface area contributed by atoms with Gasteiger partial charge < -0.3 is 4.42 Å². The van der Waals surface area contributed by atoms with Crippen LogP contribution in [0.25, 0.3) is 11.1 Å². The number of nitrogens with zero attached hydrogens (tertiary/aromatic N) is 1. The summed E-state index contributed by atoms with van der Waals surface area (Å²) in [5, 5.41) is 0. The predicted octanol–water partition coefficient (Wildman–Crippen LogP) is 3.50. The molecule has 6 heteroatoms. The van der Waals surface area contributed by atoms with Crippen LogP contribution in [0, 0.1) is 6.92 Å². The van der Waals surface area contributed by atoms with Crippen molar-refractivity contribution in [3.05, 3.63) is 53.9 Å². The molecule has 5 nitrogen and oxygen atoms in total. The number of oxazole rings is 1. The molecule has 0 amide bonds. The number of anilines is 1. The average Bonchev–Trinajstić information content (AvgIpc) is 2.86. The number of sulfonamides is 1. The van der Waals surface area contributed by atoms with Crippen molar-refractivity contribution in [3.63, 3.8) is 0 Å². The van der Waals surface area contributed by atoms with Crippen molar-refractivity contribution >= 4 is 26.8 Å². The Balaban J connectivity index is 1.91. The van der Waals surface area contributed by atoms with Gasteiger partial charge in [0.1, 0.15) is 5.52 Å². The highest BCUT2D eigenvalue weighted by molar-refractivity contribution is 7.92. The maximum absolute atomic E-state index is 12.4. The van der Waals surface area contributed by atoms with Crippen molar-refractivity contribution in [2.75, 3.05) is 4.72 Å². The predicted molar refractivity (Wildman–Crippen MR) is 85.4 cm³/mol. The first kappa shape index (κ1) is 14.6. The number of rotatable bonds is 4. The number of fused-ring (bicyclic) bond motifs is 1. The van der Waals surface area contributed by atoms with E-state index in [4.69, 9.17) is 4.42 Å². The van der Waals surface area contributed by atoms with Crippen LogP contribution in [-0.4, -0.2) is 13.4 Å². The van der Waals surface area contributed by atoms with Crippen LogP contribution in [0.4, 0.5) is 5.69 Å². The molecule has 1 heterocycles. The molecule has 0 fully saturated rings. The molecule has 0 atom stereocenters. The topological polar surface area (TPSA) is 72.2 Å². The van der Waals surface area contributed by atoms with Gasteiger partial charge in [-0.3, -0.25) is 4.72 Å². The Morgan fingerprint density at radius 1 is 1.14 bits per heavy atom. The summed E-state index contributed by atoms with van der Waals surface area (Å²) in [5.41, 5.74) is 2.80. The molecule has 0 aliphatic heterocycles. The third-order valence-electron chi connectivity index (χ3n) is 3.39. The minimum absolute atomic E-state index is 0.235. The fourth-order valence-corrected chi connectivity index (χ4v) is 3.27. The maximum Gasteiger partial charge on any atom is 0.261 e. The van der Waals surface area contributed by atoms with Crippen LogP contribution in [0.2, 0.25) is 0 Å². The van der Waals surface area contributed by atoms with E-state index in [1.165, 1.54) is 0 Å². The second-order valence-electron chi connectivity index (χ2n) is 5.02. The largest absolute Gasteiger partial charge is 0.441 e. The molecule has 3 rings (SSSR count). The molecule has 0 aliphatic carbocycles. The molecular weight excluding hydrogens is 300 g/mol. The van der Waals surface area contributed by atoms with Gasteiger partial charge in [0.25, 0.3) is 10.0 Å². The van der Waals surface area contributed by atoms with Gasteiger partial charge in [0.15, 0.2) is 11.5 Å². The molecule has 1 N–H and O–H groups in total. The van der Waals surface area contributed by atoms with Crippen LogP contribution in [0.5, 0.6) is 0 Å². The second kappa shape index (κ2) is 5.46. The zero-order valence-corrected chi connectivity index (χ0v) is 13.1. The van der Waals surface area contributed by atoms with Gasteiger partial charge in [0, 0.05) is 13.0 Å². The first-order chi connectivity index (χ1) is 10.5. The highest BCUT2D eigenvalue weighted by Gasteiger charge is 2.14. The van der Waals surface area contributed by atoms with Gasteiger partial charge in [-0.2, -0.15) is 0 Å². The Labute approximate surface area is 129 Å². The van der Waals surface area contributed by atoms with Crippen LogP contribution in [-0.2, 0) is 16.4 Å². The normalized spacial score (nSPS) is 11.7. The van der Waals surface area contributed by atoms with Crippen LogP contribution in [0.3, 0.4) is 0 Å². The summed E-state index contributed by atoms with van der Waals surface area (Å²) in [7, 11) is -3.61. The van der Waals surface area contributed by atoms with E-state index in [0.29, 0.717) is 22.7 Å². The zero-order chi connectivity index (χ0) is 15.7. The highest BCUT2D eigenvalue weighted by atomic mass is 32.2. The van der Waals surface area contributed by atoms with E-state index in [1.54, 1.807) is 37.3 Å². The number of hydrogen-bond acceptors (Lipinski definition) is 4. The van der Waals surface area contributed by atoms with Gasteiger partial charge in [-0.1, -0.05) is 19.1 Å². The summed E-state index contributed by atoms with van der Waals surface area (Å²) in [5.74, 6) is 0.546. The molecule has 0 saturated heterocycles. The Hall–Kier alpha value is -2.34. The number of nitrogens with one attached hydrogen (secondary N) is 1. The lowest BCUT2D eigenvalue weighted by Gasteiger charge is -2.08. The fraction of sp³-hybridized carbons (Fsp3) is 0.188. The molecule has 1 aromatic heterocycles. The summed E-state index contributed by atoms with van der Waals surface area (Å²) in [6, 6.07) is 11.9. The first-order valence-electron chi connectivity index (χ1n) is 6.97. The van der Waals surface area contributed by atoms with Gasteiger partial charge in [0.05, 0.1) is 10.6 Å². The monoisotopic (exact) mass is 316 g/mol. The summed E-state index contributed by atoms with van der Waals surface area (Å²) in [4.78, 5) is 4.42. The van der Waals surface area contributed by atoms with E-state index >= 15 is 0 Å². The number of hydrogen-bond donors (Lipinski definition) is 1. The van der Waals surface area contributed by atoms with Crippen molar-refractivity contribution < 1.29 is 12.8 Å². The molecule has 0 aliphatic rings. The standard InChI is InChI=1S/C16H16N2O3S/c1-3-12-4-7-14(8-5-12)22(19,20)18-13-6-9-15-16(10-13)21-11(2)17-15/h4-10,18H,3H2,1-2H3. The first-order valence-corrected chi connectivity index (χ1v) is 8.45. The Bertz CT molecular complexity index is 912. The second-order valence-corrected chi connectivity index (χ2v) is 6.70. The van der Waals surface area contributed by atoms with E-state index in [-0.39, 0.29) is 4.90 Å². The van der Waals surface area contributed by atoms with E-state index in [0.717, 1.165) is 12.0 Å². The van der Waals surface area contributed by atoms with Crippen molar-refractivity contribution in [1.29, 1.82) is 0 Å². The van der Waals surface area contributed by atoms with Gasteiger partial charge in [-0.25, -0.2) is 13.4 Å². The zero-order valence-electron chi connectivity index (χ0n) is 12.3. The summed E-state index contributed by atoms with van der Waals surface area (Å²) < 4.78 is 32.7. The third kappa shape index (κ3) is 2.82. The van der Waals surface area contributed by atoms with Crippen molar-refractivity contribution in [2.45, 2.75) is 25.2 Å². The molecule has 0 saturated carbocycles. The Kier molecular flexibility index (Phi) is 3.62. The van der Waals surface area contributed by atoms with E-state index in [9.17, 15) is 8.42 Å². The summed E-state index contributed by atoms with van der Waals surface area (Å²) >= 11 is 0. The minimum Gasteiger partial charge on any atom is -0.441 e. The van der Waals surface area contributed by atoms with E-state index < -0.39 is 10.0 Å². The summed E-state index contributed by atoms with van der Waals surface area (Å²) in [6.45, 7) is 3.77. The molecule has 114 valence electrons. The Morgan fingerprint density at radius 2 is 1.86 bits per heavy atom. The van der Waals surface area contributed by atoms with Crippen LogP contribution < -0.4 is 4.72 Å². The molecule has 0 spiro atoms. The van der Waals surface area contributed by atoms with Gasteiger partial charge in [-0.05, 0) is 36.2 Å². The maximum atomic E-state index is 12.4. The number of aryl methyl sites for hydroxylation is 2. The Morgan fingerprint density at radius 3 is 2.55 bits per heavy atom. The number of benzene rings is 2. The molecule has 0 bridgehead atoms. The van der Waals surface area contributed by atoms with Gasteiger partial charge in [0.2, 0.25) is 0 Å². The molecular formula is C16H16N2O3S. The lowest BCUT2D eigenvalue weighted by atomic mass is 10.2. The van der Waals surface area contributed by atoms with Crippen LogP contribution in [0.15, 0.2) is 51.8 Å². The van der Waals surface area contributed by atoms with Crippen molar-refractivity contribution in [2.24, 2.45) is 0 Å². The minimum atomic E-state index is -3.61. The highest BCUT2D eigenvalue weighted by Crippen LogP contribution is 2.22. The lowest BCUT2D eigenvalue weighted by molar-refractivity contribution is 0.561. The van der Waals surface area contributed by atoms with Crippen LogP contribution >= 0.6 is 0 Å². The molecule has 3 aromatic rings. The fourth-order valence-electron chi connectivity index (χ4n) is 2.22. The quantitative estimate of drug-likeness (QED) is 0.799. The molecule has 0 radical (unpaired) electrons. The number of aromatic nitrogens is 1. The SMILES string of the molecule is CCc1ccc(S(=O)(=O)Nc2ccc3nc(C)oc3c2)cc1. The van der Waals surface area contributed by atoms with E-state index in [1.807, 2.05) is 19.1 Å². The van der Waals surface area contributed by atoms with Gasteiger partial charge >= 0.3 is 0 Å². The molecule has 22 heavy (non-hydrogen) atoms. The third-order valence-corrected chi connectivity index (χ3v) is 4.79. The molecule has 0 unspecified atom stereocenters. The van der Waals surface area contributed by atoms with Crippen molar-refractivity contribution in [1.82, 2.24) is 4.98 Å². The van der Waals surface area contributed by atoms with E-state index in [2.05, 4.69) is 9.71 Å². The smallest absolute Gasteiger partial charge is 0.261 e. The molecule has 2 aromatic carbocycles.